The number of benzene rings is 2. The molecule has 3 nitrogen and oxygen atoms in total. The minimum atomic E-state index is -2.91. The molecular weight excluding hydrogens is 327 g/mol. The maximum absolute atomic E-state index is 5.97. The monoisotopic (exact) mass is 350 g/mol. The van der Waals surface area contributed by atoms with E-state index in [1.807, 2.05) is 58.9 Å². The summed E-state index contributed by atoms with van der Waals surface area (Å²) < 4.78 is 17.6. The fourth-order valence-electron chi connectivity index (χ4n) is 2.46. The van der Waals surface area contributed by atoms with Gasteiger partial charge in [-0.15, -0.1) is 0 Å². The zero-order valence-electron chi connectivity index (χ0n) is 14.3. The van der Waals surface area contributed by atoms with Gasteiger partial charge in [-0.05, 0) is 81.1 Å². The second kappa shape index (κ2) is 7.48. The van der Waals surface area contributed by atoms with E-state index in [0.717, 1.165) is 22.3 Å². The van der Waals surface area contributed by atoms with E-state index >= 15 is 0 Å². The Kier molecular flexibility index (Phi) is 5.85. The molecule has 0 bridgehead atoms. The number of hydrogen-bond acceptors (Lipinski definition) is 4. The highest BCUT2D eigenvalue weighted by molar-refractivity contribution is 8.07. The molecule has 0 N–H and O–H groups in total. The van der Waals surface area contributed by atoms with Crippen molar-refractivity contribution in [3.63, 3.8) is 0 Å². The summed E-state index contributed by atoms with van der Waals surface area (Å²) in [6, 6.07) is 11.9. The van der Waals surface area contributed by atoms with E-state index in [-0.39, 0.29) is 0 Å². The van der Waals surface area contributed by atoms with Crippen LogP contribution in [0, 0.1) is 27.7 Å². The van der Waals surface area contributed by atoms with Gasteiger partial charge in [0.15, 0.2) is 0 Å². The molecule has 0 unspecified atom stereocenters. The van der Waals surface area contributed by atoms with Crippen LogP contribution in [0.15, 0.2) is 36.4 Å². The summed E-state index contributed by atoms with van der Waals surface area (Å²) in [6.45, 7) is 7.50. The number of rotatable bonds is 6. The van der Waals surface area contributed by atoms with Crippen LogP contribution in [-0.4, -0.2) is 6.61 Å². The normalized spacial score (nSPS) is 11.3. The molecular formula is C18H23O3PS. The Morgan fingerprint density at radius 1 is 0.739 bits per heavy atom. The van der Waals surface area contributed by atoms with Crippen LogP contribution in [0.4, 0.5) is 0 Å². The van der Waals surface area contributed by atoms with Crippen LogP contribution in [0.5, 0.6) is 11.5 Å². The van der Waals surface area contributed by atoms with E-state index < -0.39 is 6.72 Å². The lowest BCUT2D eigenvalue weighted by molar-refractivity contribution is 0.276. The molecule has 0 atom stereocenters. The standard InChI is InChI=1S/C18H23O3PS/c1-6-19-22(23,20-17-9-13(2)7-14(3)10-17)21-18-11-15(4)8-16(5)12-18/h7-12H,6H2,1-5H3. The average Bonchev–Trinajstić information content (AvgIpc) is 2.35. The molecule has 2 aromatic rings. The molecule has 0 aliphatic heterocycles. The quantitative estimate of drug-likeness (QED) is 0.630. The average molecular weight is 350 g/mol. The SMILES string of the molecule is CCOP(=S)(Oc1cc(C)cc(C)c1)Oc1cc(C)cc(C)c1. The number of aryl methyl sites for hydroxylation is 4. The summed E-state index contributed by atoms with van der Waals surface area (Å²) in [6.07, 6.45) is 0. The van der Waals surface area contributed by atoms with Gasteiger partial charge < -0.3 is 9.05 Å². The first-order valence-electron chi connectivity index (χ1n) is 7.60. The maximum atomic E-state index is 5.97. The summed E-state index contributed by atoms with van der Waals surface area (Å²) in [5.41, 5.74) is 4.46. The summed E-state index contributed by atoms with van der Waals surface area (Å²) in [5, 5.41) is 0. The van der Waals surface area contributed by atoms with Gasteiger partial charge in [-0.1, -0.05) is 12.1 Å². The van der Waals surface area contributed by atoms with Crippen molar-refractivity contribution < 1.29 is 13.6 Å². The van der Waals surface area contributed by atoms with Crippen LogP contribution < -0.4 is 9.05 Å². The fourth-order valence-corrected chi connectivity index (χ4v) is 4.48. The lowest BCUT2D eigenvalue weighted by Gasteiger charge is -2.23. The van der Waals surface area contributed by atoms with Crippen LogP contribution in [0.2, 0.25) is 0 Å². The predicted molar refractivity (Wildman–Crippen MR) is 99.0 cm³/mol. The highest BCUT2D eigenvalue weighted by atomic mass is 32.5. The smallest absolute Gasteiger partial charge is 0.416 e. The molecule has 0 saturated carbocycles. The van der Waals surface area contributed by atoms with Gasteiger partial charge in [-0.3, -0.25) is 4.52 Å². The Morgan fingerprint density at radius 2 is 1.09 bits per heavy atom. The van der Waals surface area contributed by atoms with Crippen LogP contribution in [0.25, 0.3) is 0 Å². The van der Waals surface area contributed by atoms with E-state index in [9.17, 15) is 0 Å². The molecule has 23 heavy (non-hydrogen) atoms. The molecule has 0 fully saturated rings. The molecule has 0 amide bonds. The maximum Gasteiger partial charge on any atom is 0.434 e. The summed E-state index contributed by atoms with van der Waals surface area (Å²) in [4.78, 5) is 0. The topological polar surface area (TPSA) is 27.7 Å². The third kappa shape index (κ3) is 5.35. The van der Waals surface area contributed by atoms with Crippen molar-refractivity contribution in [3.8, 4) is 11.5 Å². The van der Waals surface area contributed by atoms with Crippen LogP contribution in [-0.2, 0) is 16.3 Å². The summed E-state index contributed by atoms with van der Waals surface area (Å²) >= 11 is 5.58. The molecule has 0 aliphatic carbocycles. The predicted octanol–water partition coefficient (Wildman–Crippen LogP) is 5.64. The molecule has 0 aliphatic rings. The van der Waals surface area contributed by atoms with E-state index in [1.165, 1.54) is 0 Å². The molecule has 2 aromatic carbocycles. The van der Waals surface area contributed by atoms with Gasteiger partial charge >= 0.3 is 6.72 Å². The van der Waals surface area contributed by atoms with Crippen LogP contribution >= 0.6 is 6.72 Å². The summed E-state index contributed by atoms with van der Waals surface area (Å²) in [7, 11) is 0. The first-order valence-corrected chi connectivity index (χ1v) is 10.2. The molecule has 0 aromatic heterocycles. The van der Waals surface area contributed by atoms with Crippen molar-refractivity contribution in [3.05, 3.63) is 58.7 Å². The lowest BCUT2D eigenvalue weighted by atomic mass is 10.1. The molecule has 0 heterocycles. The second-order valence-corrected chi connectivity index (χ2v) is 8.55. The Hall–Kier alpha value is -1.35. The Balaban J connectivity index is 2.29. The second-order valence-electron chi connectivity index (χ2n) is 5.69. The van der Waals surface area contributed by atoms with E-state index in [0.29, 0.717) is 18.1 Å². The van der Waals surface area contributed by atoms with Crippen LogP contribution in [0.3, 0.4) is 0 Å². The lowest BCUT2D eigenvalue weighted by Crippen LogP contribution is -2.05. The highest BCUT2D eigenvalue weighted by Gasteiger charge is 2.24. The van der Waals surface area contributed by atoms with Crippen LogP contribution in [0.1, 0.15) is 29.2 Å². The zero-order chi connectivity index (χ0) is 17.0. The molecule has 124 valence electrons. The molecule has 0 spiro atoms. The molecule has 0 radical (unpaired) electrons. The van der Waals surface area contributed by atoms with E-state index in [2.05, 4.69) is 12.1 Å². The van der Waals surface area contributed by atoms with Gasteiger partial charge in [0.2, 0.25) is 0 Å². The minimum absolute atomic E-state index is 0.437. The van der Waals surface area contributed by atoms with Gasteiger partial charge in [0.1, 0.15) is 11.5 Å². The molecule has 2 rings (SSSR count). The Morgan fingerprint density at radius 3 is 1.39 bits per heavy atom. The Labute approximate surface area is 143 Å². The van der Waals surface area contributed by atoms with E-state index in [4.69, 9.17) is 25.4 Å². The van der Waals surface area contributed by atoms with Crippen molar-refractivity contribution in [2.75, 3.05) is 6.61 Å². The van der Waals surface area contributed by atoms with Crippen molar-refractivity contribution in [1.29, 1.82) is 0 Å². The van der Waals surface area contributed by atoms with Gasteiger partial charge in [0.05, 0.1) is 6.61 Å². The first kappa shape index (κ1) is 18.0. The zero-order valence-corrected chi connectivity index (χ0v) is 16.0. The van der Waals surface area contributed by atoms with Crippen molar-refractivity contribution >= 4 is 18.5 Å². The van der Waals surface area contributed by atoms with Gasteiger partial charge in [-0.2, -0.15) is 0 Å². The van der Waals surface area contributed by atoms with Gasteiger partial charge in [0.25, 0.3) is 0 Å². The van der Waals surface area contributed by atoms with Crippen molar-refractivity contribution in [1.82, 2.24) is 0 Å². The van der Waals surface area contributed by atoms with E-state index in [1.54, 1.807) is 0 Å². The largest absolute Gasteiger partial charge is 0.434 e. The van der Waals surface area contributed by atoms with Crippen molar-refractivity contribution in [2.45, 2.75) is 34.6 Å². The fraction of sp³-hybridized carbons (Fsp3) is 0.333. The summed E-state index contributed by atoms with van der Waals surface area (Å²) in [5.74, 6) is 1.37. The highest BCUT2D eigenvalue weighted by Crippen LogP contribution is 2.50. The minimum Gasteiger partial charge on any atom is -0.416 e. The third-order valence-electron chi connectivity index (χ3n) is 3.11. The Bertz CT molecular complexity index is 645. The van der Waals surface area contributed by atoms with Gasteiger partial charge in [0, 0.05) is 11.8 Å². The first-order chi connectivity index (χ1) is 10.8. The molecule has 5 heteroatoms. The number of hydrogen-bond donors (Lipinski definition) is 0. The third-order valence-corrected chi connectivity index (χ3v) is 5.32. The molecule has 0 saturated heterocycles. The van der Waals surface area contributed by atoms with Gasteiger partial charge in [-0.25, -0.2) is 0 Å². The van der Waals surface area contributed by atoms with Crippen molar-refractivity contribution in [2.24, 2.45) is 0 Å².